The highest BCUT2D eigenvalue weighted by Crippen LogP contribution is 2.24. The van der Waals surface area contributed by atoms with Gasteiger partial charge in [-0.05, 0) is 25.8 Å². The van der Waals surface area contributed by atoms with E-state index in [-0.39, 0.29) is 0 Å². The smallest absolute Gasteiger partial charge is 0.0736 e. The Morgan fingerprint density at radius 2 is 2.00 bits per heavy atom. The maximum Gasteiger partial charge on any atom is 0.0736 e. The van der Waals surface area contributed by atoms with Crippen molar-refractivity contribution in [2.75, 3.05) is 19.6 Å². The summed E-state index contributed by atoms with van der Waals surface area (Å²) in [6, 6.07) is 0.677. The van der Waals surface area contributed by atoms with E-state index >= 15 is 0 Å². The summed E-state index contributed by atoms with van der Waals surface area (Å²) in [6.45, 7) is 1.20. The summed E-state index contributed by atoms with van der Waals surface area (Å²) in [5.41, 5.74) is 0. The van der Waals surface area contributed by atoms with Gasteiger partial charge in [0, 0.05) is 6.54 Å². The normalized spacial score (nSPS) is 20.7. The van der Waals surface area contributed by atoms with Gasteiger partial charge < -0.3 is 0 Å². The molecule has 0 saturated heterocycles. The highest BCUT2D eigenvalue weighted by atomic mass is 35.5. The molecular formula is C8H16ClN. The van der Waals surface area contributed by atoms with E-state index in [1.54, 1.807) is 0 Å². The van der Waals surface area contributed by atoms with Crippen LogP contribution in [0.25, 0.3) is 0 Å². The number of rotatable bonds is 3. The number of nitrogens with zero attached hydrogens (tertiary/aromatic N) is 1. The van der Waals surface area contributed by atoms with Gasteiger partial charge in [0.15, 0.2) is 0 Å². The molecule has 0 bridgehead atoms. The molecule has 10 heavy (non-hydrogen) atoms. The molecule has 1 fully saturated rings. The molecule has 0 amide bonds. The lowest BCUT2D eigenvalue weighted by molar-refractivity contribution is 0.315. The van der Waals surface area contributed by atoms with Crippen molar-refractivity contribution in [2.24, 2.45) is 5.92 Å². The molecule has 0 unspecified atom stereocenters. The van der Waals surface area contributed by atoms with E-state index in [0.29, 0.717) is 6.00 Å². The molecule has 0 aromatic rings. The van der Waals surface area contributed by atoms with Gasteiger partial charge in [-0.3, -0.25) is 4.90 Å². The second kappa shape index (κ2) is 4.20. The zero-order valence-electron chi connectivity index (χ0n) is 6.65. The van der Waals surface area contributed by atoms with Crippen LogP contribution in [0.2, 0.25) is 0 Å². The van der Waals surface area contributed by atoms with Gasteiger partial charge in [-0.2, -0.15) is 0 Å². The van der Waals surface area contributed by atoms with Gasteiger partial charge >= 0.3 is 0 Å². The molecule has 0 N–H and O–H groups in total. The number of hydrogen-bond acceptors (Lipinski definition) is 1. The Balaban J connectivity index is 2.11. The fraction of sp³-hybridized carbons (Fsp3) is 1.00. The van der Waals surface area contributed by atoms with Crippen molar-refractivity contribution < 1.29 is 0 Å². The molecule has 0 aromatic carbocycles. The summed E-state index contributed by atoms with van der Waals surface area (Å²) in [5, 5.41) is 0. The largest absolute Gasteiger partial charge is 0.293 e. The fourth-order valence-corrected chi connectivity index (χ4v) is 1.78. The summed E-state index contributed by atoms with van der Waals surface area (Å²) < 4.78 is 0. The summed E-state index contributed by atoms with van der Waals surface area (Å²) in [4.78, 5) is 2.19. The Morgan fingerprint density at radius 3 is 2.50 bits per heavy atom. The predicted molar refractivity (Wildman–Crippen MR) is 45.3 cm³/mol. The van der Waals surface area contributed by atoms with Crippen LogP contribution in [0.5, 0.6) is 0 Å². The lowest BCUT2D eigenvalue weighted by atomic mass is 10.1. The molecule has 0 atom stereocenters. The topological polar surface area (TPSA) is 3.24 Å². The standard InChI is InChI=1S/C8H16ClN/c1-10(7-9)6-8-4-2-3-5-8/h8H,2-7H2,1H3. The monoisotopic (exact) mass is 161 g/mol. The van der Waals surface area contributed by atoms with Crippen LogP contribution in [0.3, 0.4) is 0 Å². The third kappa shape index (κ3) is 2.47. The molecule has 1 aliphatic rings. The fourth-order valence-electron chi connectivity index (χ4n) is 1.68. The van der Waals surface area contributed by atoms with Gasteiger partial charge in [0.25, 0.3) is 0 Å². The second-order valence-electron chi connectivity index (χ2n) is 3.31. The maximum atomic E-state index is 5.66. The van der Waals surface area contributed by atoms with Crippen LogP contribution < -0.4 is 0 Å². The molecule has 1 saturated carbocycles. The summed E-state index contributed by atoms with van der Waals surface area (Å²) in [5.74, 6) is 0.934. The average molecular weight is 162 g/mol. The van der Waals surface area contributed by atoms with Crippen LogP contribution in [0.1, 0.15) is 25.7 Å². The minimum absolute atomic E-state index is 0.677. The van der Waals surface area contributed by atoms with Crippen LogP contribution in [0.4, 0.5) is 0 Å². The third-order valence-electron chi connectivity index (χ3n) is 2.25. The Bertz CT molecular complexity index is 89.3. The van der Waals surface area contributed by atoms with Gasteiger partial charge in [0.2, 0.25) is 0 Å². The zero-order chi connectivity index (χ0) is 7.40. The summed E-state index contributed by atoms with van der Waals surface area (Å²) in [6.07, 6.45) is 5.70. The SMILES string of the molecule is CN(CCl)CC1CCCC1. The van der Waals surface area contributed by atoms with Crippen molar-refractivity contribution >= 4 is 11.6 Å². The molecule has 0 aliphatic heterocycles. The Kier molecular flexibility index (Phi) is 3.50. The van der Waals surface area contributed by atoms with Gasteiger partial charge in [0.1, 0.15) is 0 Å². The average Bonchev–Trinajstić information content (AvgIpc) is 2.40. The van der Waals surface area contributed by atoms with Gasteiger partial charge in [-0.15, -0.1) is 11.6 Å². The first-order valence-corrected chi connectivity index (χ1v) is 4.61. The first-order valence-electron chi connectivity index (χ1n) is 4.07. The van der Waals surface area contributed by atoms with Gasteiger partial charge in [0.05, 0.1) is 6.00 Å². The molecular weight excluding hydrogens is 146 g/mol. The Hall–Kier alpha value is 0.250. The highest BCUT2D eigenvalue weighted by Gasteiger charge is 2.15. The predicted octanol–water partition coefficient (Wildman–Crippen LogP) is 2.30. The van der Waals surface area contributed by atoms with Crippen LogP contribution in [0.15, 0.2) is 0 Å². The first-order chi connectivity index (χ1) is 4.83. The molecule has 60 valence electrons. The van der Waals surface area contributed by atoms with Crippen molar-refractivity contribution in [2.45, 2.75) is 25.7 Å². The Morgan fingerprint density at radius 1 is 1.40 bits per heavy atom. The number of hydrogen-bond donors (Lipinski definition) is 0. The van der Waals surface area contributed by atoms with Crippen LogP contribution >= 0.6 is 11.6 Å². The van der Waals surface area contributed by atoms with E-state index in [2.05, 4.69) is 11.9 Å². The molecule has 0 spiro atoms. The van der Waals surface area contributed by atoms with Crippen molar-refractivity contribution in [1.82, 2.24) is 4.90 Å². The Labute approximate surface area is 68.4 Å². The molecule has 0 heterocycles. The lowest BCUT2D eigenvalue weighted by Gasteiger charge is -2.17. The van der Waals surface area contributed by atoms with E-state index < -0.39 is 0 Å². The number of alkyl halides is 1. The highest BCUT2D eigenvalue weighted by molar-refractivity contribution is 6.17. The van der Waals surface area contributed by atoms with E-state index in [9.17, 15) is 0 Å². The van der Waals surface area contributed by atoms with Crippen LogP contribution in [0, 0.1) is 5.92 Å². The van der Waals surface area contributed by atoms with Crippen molar-refractivity contribution in [3.05, 3.63) is 0 Å². The number of halogens is 1. The maximum absolute atomic E-state index is 5.66. The minimum Gasteiger partial charge on any atom is -0.293 e. The quantitative estimate of drug-likeness (QED) is 0.454. The van der Waals surface area contributed by atoms with Gasteiger partial charge in [-0.25, -0.2) is 0 Å². The third-order valence-corrected chi connectivity index (χ3v) is 2.66. The van der Waals surface area contributed by atoms with Crippen LogP contribution in [-0.2, 0) is 0 Å². The van der Waals surface area contributed by atoms with E-state index in [1.807, 2.05) is 0 Å². The first kappa shape index (κ1) is 8.35. The van der Waals surface area contributed by atoms with Crippen molar-refractivity contribution in [1.29, 1.82) is 0 Å². The lowest BCUT2D eigenvalue weighted by Crippen LogP contribution is -2.22. The second-order valence-corrected chi connectivity index (χ2v) is 3.55. The van der Waals surface area contributed by atoms with E-state index in [1.165, 1.54) is 32.2 Å². The molecule has 1 nitrogen and oxygen atoms in total. The van der Waals surface area contributed by atoms with Gasteiger partial charge in [-0.1, -0.05) is 12.8 Å². The summed E-state index contributed by atoms with van der Waals surface area (Å²) in [7, 11) is 2.09. The molecule has 2 heteroatoms. The molecule has 0 aromatic heterocycles. The summed E-state index contributed by atoms with van der Waals surface area (Å²) >= 11 is 5.66. The van der Waals surface area contributed by atoms with E-state index in [0.717, 1.165) is 5.92 Å². The zero-order valence-corrected chi connectivity index (χ0v) is 7.40. The van der Waals surface area contributed by atoms with Crippen molar-refractivity contribution in [3.8, 4) is 0 Å². The molecule has 1 aliphatic carbocycles. The molecule has 0 radical (unpaired) electrons. The molecule has 1 rings (SSSR count). The van der Waals surface area contributed by atoms with Crippen molar-refractivity contribution in [3.63, 3.8) is 0 Å². The van der Waals surface area contributed by atoms with E-state index in [4.69, 9.17) is 11.6 Å². The van der Waals surface area contributed by atoms with Crippen LogP contribution in [-0.4, -0.2) is 24.5 Å². The minimum atomic E-state index is 0.677.